The minimum absolute atomic E-state index is 0.269. The maximum Gasteiger partial charge on any atom is 0.335 e. The molecule has 20 heavy (non-hydrogen) atoms. The summed E-state index contributed by atoms with van der Waals surface area (Å²) in [6, 6.07) is 4.86. The molecule has 0 aliphatic carbocycles. The van der Waals surface area contributed by atoms with Gasteiger partial charge in [0, 0.05) is 6.54 Å². The predicted octanol–water partition coefficient (Wildman–Crippen LogP) is 2.88. The van der Waals surface area contributed by atoms with E-state index in [1.54, 1.807) is 30.7 Å². The molecule has 1 N–H and O–H groups in total. The van der Waals surface area contributed by atoms with Gasteiger partial charge in [0.25, 0.3) is 0 Å². The van der Waals surface area contributed by atoms with Gasteiger partial charge in [-0.05, 0) is 37.1 Å². The lowest BCUT2D eigenvalue weighted by Crippen LogP contribution is -2.06. The molecule has 0 bridgehead atoms. The Morgan fingerprint density at radius 2 is 2.25 bits per heavy atom. The van der Waals surface area contributed by atoms with Crippen LogP contribution in [0.1, 0.15) is 35.0 Å². The third-order valence-corrected chi connectivity index (χ3v) is 3.06. The van der Waals surface area contributed by atoms with E-state index in [0.29, 0.717) is 12.4 Å². The second-order valence-electron chi connectivity index (χ2n) is 4.65. The van der Waals surface area contributed by atoms with Crippen LogP contribution in [0.5, 0.6) is 5.75 Å². The highest BCUT2D eigenvalue weighted by molar-refractivity contribution is 5.88. The quantitative estimate of drug-likeness (QED) is 0.879. The monoisotopic (exact) mass is 274 g/mol. The lowest BCUT2D eigenvalue weighted by molar-refractivity contribution is 0.0696. The predicted molar refractivity (Wildman–Crippen MR) is 75.0 cm³/mol. The largest absolute Gasteiger partial charge is 0.487 e. The first kappa shape index (κ1) is 14.1. The van der Waals surface area contributed by atoms with Crippen molar-refractivity contribution in [2.75, 3.05) is 0 Å². The van der Waals surface area contributed by atoms with Crippen molar-refractivity contribution in [2.45, 2.75) is 33.4 Å². The molecule has 0 aliphatic rings. The number of carboxylic acids is 1. The van der Waals surface area contributed by atoms with E-state index in [1.807, 2.05) is 6.92 Å². The van der Waals surface area contributed by atoms with E-state index in [0.717, 1.165) is 24.2 Å². The first-order chi connectivity index (χ1) is 9.61. The number of imidazole rings is 1. The Kier molecular flexibility index (Phi) is 4.40. The molecule has 0 amide bonds. The van der Waals surface area contributed by atoms with Gasteiger partial charge in [-0.3, -0.25) is 0 Å². The number of benzene rings is 1. The van der Waals surface area contributed by atoms with E-state index in [-0.39, 0.29) is 5.56 Å². The fourth-order valence-electron chi connectivity index (χ4n) is 2.01. The molecule has 1 aromatic carbocycles. The van der Waals surface area contributed by atoms with Crippen molar-refractivity contribution < 1.29 is 14.6 Å². The van der Waals surface area contributed by atoms with Crippen LogP contribution < -0.4 is 4.74 Å². The van der Waals surface area contributed by atoms with Crippen LogP contribution in [0.25, 0.3) is 0 Å². The summed E-state index contributed by atoms with van der Waals surface area (Å²) >= 11 is 0. The van der Waals surface area contributed by atoms with Crippen molar-refractivity contribution in [3.63, 3.8) is 0 Å². The summed E-state index contributed by atoms with van der Waals surface area (Å²) in [6.45, 7) is 5.29. The number of aromatic carboxylic acids is 1. The van der Waals surface area contributed by atoms with Crippen LogP contribution in [-0.2, 0) is 13.2 Å². The third kappa shape index (κ3) is 3.17. The molecule has 0 saturated carbocycles. The average Bonchev–Trinajstić information content (AvgIpc) is 2.85. The number of aromatic nitrogens is 2. The summed E-state index contributed by atoms with van der Waals surface area (Å²) < 4.78 is 7.81. The fraction of sp³-hybridized carbons (Fsp3) is 0.333. The number of hydrogen-bond donors (Lipinski definition) is 1. The molecule has 5 nitrogen and oxygen atoms in total. The van der Waals surface area contributed by atoms with Gasteiger partial charge in [-0.2, -0.15) is 0 Å². The highest BCUT2D eigenvalue weighted by Gasteiger charge is 2.08. The molecule has 0 spiro atoms. The molecule has 0 aliphatic heterocycles. The Balaban J connectivity index is 2.07. The highest BCUT2D eigenvalue weighted by atomic mass is 16.5. The number of ether oxygens (including phenoxy) is 1. The Morgan fingerprint density at radius 1 is 1.45 bits per heavy atom. The number of carbonyl (C=O) groups is 1. The zero-order valence-corrected chi connectivity index (χ0v) is 11.7. The first-order valence-electron chi connectivity index (χ1n) is 6.57. The lowest BCUT2D eigenvalue weighted by Gasteiger charge is -2.11. The summed E-state index contributed by atoms with van der Waals surface area (Å²) in [7, 11) is 0. The number of carboxylic acid groups (broad SMARTS) is 1. The van der Waals surface area contributed by atoms with Crippen LogP contribution in [0.3, 0.4) is 0 Å². The smallest absolute Gasteiger partial charge is 0.335 e. The zero-order valence-electron chi connectivity index (χ0n) is 11.7. The van der Waals surface area contributed by atoms with E-state index in [2.05, 4.69) is 16.5 Å². The average molecular weight is 274 g/mol. The second-order valence-corrected chi connectivity index (χ2v) is 4.65. The van der Waals surface area contributed by atoms with Gasteiger partial charge >= 0.3 is 5.97 Å². The van der Waals surface area contributed by atoms with Gasteiger partial charge in [0.05, 0.1) is 23.8 Å². The van der Waals surface area contributed by atoms with Gasteiger partial charge in [-0.1, -0.05) is 6.92 Å². The van der Waals surface area contributed by atoms with Crippen LogP contribution in [0, 0.1) is 6.92 Å². The van der Waals surface area contributed by atoms with Crippen LogP contribution in [-0.4, -0.2) is 20.6 Å². The van der Waals surface area contributed by atoms with Gasteiger partial charge < -0.3 is 14.4 Å². The molecule has 0 fully saturated rings. The maximum absolute atomic E-state index is 10.9. The minimum atomic E-state index is -0.930. The molecule has 1 aromatic heterocycles. The van der Waals surface area contributed by atoms with Crippen molar-refractivity contribution in [2.24, 2.45) is 0 Å². The van der Waals surface area contributed by atoms with Gasteiger partial charge in [-0.15, -0.1) is 0 Å². The molecule has 2 rings (SSSR count). The fourth-order valence-corrected chi connectivity index (χ4v) is 2.01. The molecule has 0 radical (unpaired) electrons. The number of hydrogen-bond acceptors (Lipinski definition) is 3. The van der Waals surface area contributed by atoms with Crippen molar-refractivity contribution >= 4 is 5.97 Å². The molecule has 0 saturated heterocycles. The number of nitrogens with zero attached hydrogens (tertiary/aromatic N) is 2. The van der Waals surface area contributed by atoms with Gasteiger partial charge in [0.1, 0.15) is 12.4 Å². The van der Waals surface area contributed by atoms with Crippen LogP contribution in [0.2, 0.25) is 0 Å². The SMILES string of the molecule is CCCn1cncc1COc1ccc(C(=O)O)cc1C. The minimum Gasteiger partial charge on any atom is -0.487 e. The zero-order chi connectivity index (χ0) is 14.5. The molecule has 0 atom stereocenters. The normalized spacial score (nSPS) is 10.5. The molecule has 1 heterocycles. The van der Waals surface area contributed by atoms with Crippen molar-refractivity contribution in [3.05, 3.63) is 47.5 Å². The summed E-state index contributed by atoms with van der Waals surface area (Å²) in [6.07, 6.45) is 4.62. The summed E-state index contributed by atoms with van der Waals surface area (Å²) in [5.74, 6) is -0.236. The van der Waals surface area contributed by atoms with E-state index in [9.17, 15) is 4.79 Å². The van der Waals surface area contributed by atoms with Gasteiger partial charge in [-0.25, -0.2) is 9.78 Å². The van der Waals surface area contributed by atoms with E-state index in [1.165, 1.54) is 0 Å². The van der Waals surface area contributed by atoms with Crippen molar-refractivity contribution in [3.8, 4) is 5.75 Å². The van der Waals surface area contributed by atoms with E-state index >= 15 is 0 Å². The highest BCUT2D eigenvalue weighted by Crippen LogP contribution is 2.20. The van der Waals surface area contributed by atoms with E-state index in [4.69, 9.17) is 9.84 Å². The molecular weight excluding hydrogens is 256 g/mol. The molecule has 5 heteroatoms. The lowest BCUT2D eigenvalue weighted by atomic mass is 10.1. The third-order valence-electron chi connectivity index (χ3n) is 3.06. The topological polar surface area (TPSA) is 64.4 Å². The standard InChI is InChI=1S/C15H18N2O3/c1-3-6-17-10-16-8-13(17)9-20-14-5-4-12(15(18)19)7-11(14)2/h4-5,7-8,10H,3,6,9H2,1-2H3,(H,18,19). The van der Waals surface area contributed by atoms with Crippen LogP contribution in [0.4, 0.5) is 0 Å². The summed E-state index contributed by atoms with van der Waals surface area (Å²) in [5, 5.41) is 8.92. The van der Waals surface area contributed by atoms with Gasteiger partial charge in [0.15, 0.2) is 0 Å². The summed E-state index contributed by atoms with van der Waals surface area (Å²) in [5.41, 5.74) is 2.09. The number of rotatable bonds is 6. The Labute approximate surface area is 117 Å². The van der Waals surface area contributed by atoms with E-state index < -0.39 is 5.97 Å². The molecule has 2 aromatic rings. The second kappa shape index (κ2) is 6.23. The molecular formula is C15H18N2O3. The molecule has 106 valence electrons. The van der Waals surface area contributed by atoms with Crippen molar-refractivity contribution in [1.29, 1.82) is 0 Å². The van der Waals surface area contributed by atoms with Crippen LogP contribution in [0.15, 0.2) is 30.7 Å². The maximum atomic E-state index is 10.9. The Morgan fingerprint density at radius 3 is 2.90 bits per heavy atom. The van der Waals surface area contributed by atoms with Crippen molar-refractivity contribution in [1.82, 2.24) is 9.55 Å². The van der Waals surface area contributed by atoms with Gasteiger partial charge in [0.2, 0.25) is 0 Å². The number of aryl methyl sites for hydroxylation is 2. The summed E-state index contributed by atoms with van der Waals surface area (Å²) in [4.78, 5) is 15.0. The Bertz CT molecular complexity index is 605. The Hall–Kier alpha value is -2.30. The molecule has 0 unspecified atom stereocenters. The van der Waals surface area contributed by atoms with Crippen LogP contribution >= 0.6 is 0 Å². The first-order valence-corrected chi connectivity index (χ1v) is 6.57.